The number of halogens is 2. The van der Waals surface area contributed by atoms with Gasteiger partial charge in [0.05, 0.1) is 5.02 Å². The van der Waals surface area contributed by atoms with Crippen molar-refractivity contribution in [2.24, 2.45) is 0 Å². The van der Waals surface area contributed by atoms with E-state index in [2.05, 4.69) is 5.32 Å². The van der Waals surface area contributed by atoms with Crippen LogP contribution < -0.4 is 5.32 Å². The fraction of sp³-hybridized carbons (Fsp3) is 0.278. The highest BCUT2D eigenvalue weighted by atomic mass is 35.5. The monoisotopic (exact) mass is 396 g/mol. The van der Waals surface area contributed by atoms with E-state index in [4.69, 9.17) is 11.6 Å². The molecule has 8 heteroatoms. The predicted octanol–water partition coefficient (Wildman–Crippen LogP) is 3.06. The number of rotatable bonds is 4. The fourth-order valence-corrected chi connectivity index (χ4v) is 4.90. The van der Waals surface area contributed by atoms with E-state index in [1.807, 2.05) is 6.07 Å². The summed E-state index contributed by atoms with van der Waals surface area (Å²) >= 11 is 5.90. The van der Waals surface area contributed by atoms with Crippen LogP contribution in [0.5, 0.6) is 0 Å². The van der Waals surface area contributed by atoms with Gasteiger partial charge in [-0.25, -0.2) is 12.8 Å². The molecule has 0 saturated carbocycles. The summed E-state index contributed by atoms with van der Waals surface area (Å²) in [5, 5.41) is 2.79. The number of amides is 1. The molecule has 1 fully saturated rings. The molecule has 1 aliphatic heterocycles. The summed E-state index contributed by atoms with van der Waals surface area (Å²) in [6.07, 6.45) is 0.993. The van der Waals surface area contributed by atoms with Crippen molar-refractivity contribution in [2.75, 3.05) is 13.1 Å². The average molecular weight is 397 g/mol. The standard InChI is InChI=1S/C18H18ClFN2O3S/c19-16-12-14(20)6-7-17(16)26(24,25)22-10-8-15(9-11-22)21-18(23)13-4-2-1-3-5-13/h1-7,12,15H,8-11H2,(H,21,23). The number of piperidine rings is 1. The SMILES string of the molecule is O=C(NC1CCN(S(=O)(=O)c2ccc(F)cc2Cl)CC1)c1ccccc1. The van der Waals surface area contributed by atoms with Crippen molar-refractivity contribution in [1.82, 2.24) is 9.62 Å². The lowest BCUT2D eigenvalue weighted by Gasteiger charge is -2.31. The lowest BCUT2D eigenvalue weighted by molar-refractivity contribution is 0.0924. The number of carbonyl (C=O) groups is 1. The molecule has 1 N–H and O–H groups in total. The van der Waals surface area contributed by atoms with Crippen molar-refractivity contribution < 1.29 is 17.6 Å². The molecule has 0 aromatic heterocycles. The van der Waals surface area contributed by atoms with E-state index in [1.165, 1.54) is 10.4 Å². The Balaban J connectivity index is 1.63. The van der Waals surface area contributed by atoms with E-state index in [0.29, 0.717) is 18.4 Å². The van der Waals surface area contributed by atoms with Crippen LogP contribution in [0.15, 0.2) is 53.4 Å². The molecule has 1 amide bonds. The second-order valence-corrected chi connectivity index (χ2v) is 8.41. The third kappa shape index (κ3) is 4.06. The maximum Gasteiger partial charge on any atom is 0.251 e. The predicted molar refractivity (Wildman–Crippen MR) is 97.1 cm³/mol. The lowest BCUT2D eigenvalue weighted by atomic mass is 10.1. The highest BCUT2D eigenvalue weighted by Crippen LogP contribution is 2.27. The molecule has 26 heavy (non-hydrogen) atoms. The molecule has 2 aromatic carbocycles. The molecule has 0 radical (unpaired) electrons. The molecule has 0 unspecified atom stereocenters. The number of benzene rings is 2. The number of carbonyl (C=O) groups excluding carboxylic acids is 1. The summed E-state index contributed by atoms with van der Waals surface area (Å²) < 4.78 is 39.9. The van der Waals surface area contributed by atoms with E-state index < -0.39 is 15.8 Å². The second-order valence-electron chi connectivity index (χ2n) is 6.09. The Morgan fingerprint density at radius 2 is 1.77 bits per heavy atom. The van der Waals surface area contributed by atoms with E-state index in [-0.39, 0.29) is 35.0 Å². The highest BCUT2D eigenvalue weighted by Gasteiger charge is 2.31. The van der Waals surface area contributed by atoms with Crippen LogP contribution in [-0.4, -0.2) is 37.8 Å². The molecule has 0 bridgehead atoms. The summed E-state index contributed by atoms with van der Waals surface area (Å²) in [4.78, 5) is 12.1. The minimum Gasteiger partial charge on any atom is -0.349 e. The quantitative estimate of drug-likeness (QED) is 0.863. The average Bonchev–Trinajstić information content (AvgIpc) is 2.62. The molecule has 138 valence electrons. The van der Waals surface area contributed by atoms with Crippen LogP contribution in [-0.2, 0) is 10.0 Å². The minimum absolute atomic E-state index is 0.0992. The van der Waals surface area contributed by atoms with Crippen molar-refractivity contribution in [3.8, 4) is 0 Å². The van der Waals surface area contributed by atoms with Crippen LogP contribution in [0.1, 0.15) is 23.2 Å². The molecule has 1 saturated heterocycles. The van der Waals surface area contributed by atoms with Gasteiger partial charge in [-0.1, -0.05) is 29.8 Å². The first-order valence-corrected chi connectivity index (χ1v) is 10.0. The maximum atomic E-state index is 13.2. The van der Waals surface area contributed by atoms with Crippen LogP contribution in [0, 0.1) is 5.82 Å². The van der Waals surface area contributed by atoms with Gasteiger partial charge in [0.1, 0.15) is 10.7 Å². The van der Waals surface area contributed by atoms with Crippen LogP contribution in [0.4, 0.5) is 4.39 Å². The highest BCUT2D eigenvalue weighted by molar-refractivity contribution is 7.89. The van der Waals surface area contributed by atoms with Crippen molar-refractivity contribution in [3.63, 3.8) is 0 Å². The van der Waals surface area contributed by atoms with Gasteiger partial charge in [0, 0.05) is 24.7 Å². The molecule has 0 aliphatic carbocycles. The fourth-order valence-electron chi connectivity index (χ4n) is 2.92. The van der Waals surface area contributed by atoms with Crippen LogP contribution in [0.2, 0.25) is 5.02 Å². The minimum atomic E-state index is -3.79. The Bertz CT molecular complexity index is 898. The van der Waals surface area contributed by atoms with Crippen molar-refractivity contribution in [3.05, 3.63) is 64.9 Å². The number of hydrogen-bond donors (Lipinski definition) is 1. The van der Waals surface area contributed by atoms with Crippen LogP contribution in [0.3, 0.4) is 0 Å². The van der Waals surface area contributed by atoms with Gasteiger partial charge in [-0.3, -0.25) is 4.79 Å². The Labute approximate surface area is 156 Å². The van der Waals surface area contributed by atoms with E-state index in [1.54, 1.807) is 24.3 Å². The number of sulfonamides is 1. The zero-order chi connectivity index (χ0) is 18.7. The van der Waals surface area contributed by atoms with Gasteiger partial charge >= 0.3 is 0 Å². The van der Waals surface area contributed by atoms with Gasteiger partial charge in [-0.2, -0.15) is 4.31 Å². The van der Waals surface area contributed by atoms with E-state index >= 15 is 0 Å². The molecular formula is C18H18ClFN2O3S. The molecule has 0 spiro atoms. The van der Waals surface area contributed by atoms with E-state index in [0.717, 1.165) is 12.1 Å². The summed E-state index contributed by atoms with van der Waals surface area (Å²) in [5.74, 6) is -0.759. The normalized spacial score (nSPS) is 16.4. The van der Waals surface area contributed by atoms with Gasteiger partial charge in [-0.05, 0) is 43.2 Å². The third-order valence-electron chi connectivity index (χ3n) is 4.34. The molecule has 2 aromatic rings. The molecule has 3 rings (SSSR count). The lowest BCUT2D eigenvalue weighted by Crippen LogP contribution is -2.46. The zero-order valence-electron chi connectivity index (χ0n) is 13.9. The summed E-state index contributed by atoms with van der Waals surface area (Å²) in [6, 6.07) is 12.0. The first kappa shape index (κ1) is 18.8. The van der Waals surface area contributed by atoms with Crippen LogP contribution in [0.25, 0.3) is 0 Å². The topological polar surface area (TPSA) is 66.5 Å². The van der Waals surface area contributed by atoms with Crippen molar-refractivity contribution >= 4 is 27.5 Å². The zero-order valence-corrected chi connectivity index (χ0v) is 15.4. The van der Waals surface area contributed by atoms with Gasteiger partial charge < -0.3 is 5.32 Å². The summed E-state index contributed by atoms with van der Waals surface area (Å²) in [5.41, 5.74) is 0.570. The van der Waals surface area contributed by atoms with Crippen molar-refractivity contribution in [1.29, 1.82) is 0 Å². The van der Waals surface area contributed by atoms with Crippen molar-refractivity contribution in [2.45, 2.75) is 23.8 Å². The number of hydrogen-bond acceptors (Lipinski definition) is 3. The van der Waals surface area contributed by atoms with Gasteiger partial charge in [-0.15, -0.1) is 0 Å². The maximum absolute atomic E-state index is 13.2. The summed E-state index contributed by atoms with van der Waals surface area (Å²) in [7, 11) is -3.79. The first-order valence-electron chi connectivity index (χ1n) is 8.19. The van der Waals surface area contributed by atoms with Gasteiger partial charge in [0.2, 0.25) is 10.0 Å². The molecule has 5 nitrogen and oxygen atoms in total. The Hall–Kier alpha value is -1.96. The summed E-state index contributed by atoms with van der Waals surface area (Å²) in [6.45, 7) is 0.519. The Morgan fingerprint density at radius 3 is 2.38 bits per heavy atom. The van der Waals surface area contributed by atoms with Gasteiger partial charge in [0.25, 0.3) is 5.91 Å². The van der Waals surface area contributed by atoms with E-state index in [9.17, 15) is 17.6 Å². The number of nitrogens with one attached hydrogen (secondary N) is 1. The second kappa shape index (κ2) is 7.73. The molecule has 1 aliphatic rings. The van der Waals surface area contributed by atoms with Gasteiger partial charge in [0.15, 0.2) is 0 Å². The Morgan fingerprint density at radius 1 is 1.12 bits per heavy atom. The largest absolute Gasteiger partial charge is 0.349 e. The molecule has 1 heterocycles. The number of nitrogens with zero attached hydrogens (tertiary/aromatic N) is 1. The smallest absolute Gasteiger partial charge is 0.251 e. The molecular weight excluding hydrogens is 379 g/mol. The first-order chi connectivity index (χ1) is 12.4. The third-order valence-corrected chi connectivity index (χ3v) is 6.72. The Kier molecular flexibility index (Phi) is 5.60. The molecule has 0 atom stereocenters. The van der Waals surface area contributed by atoms with Crippen LogP contribution >= 0.6 is 11.6 Å².